The zero-order valence-corrected chi connectivity index (χ0v) is 16.3. The number of nitrogens with one attached hydrogen (secondary N) is 1. The molecule has 1 aromatic carbocycles. The second-order valence-electron chi connectivity index (χ2n) is 7.60. The van der Waals surface area contributed by atoms with Gasteiger partial charge >= 0.3 is 0 Å². The molecule has 1 amide bonds. The van der Waals surface area contributed by atoms with Crippen molar-refractivity contribution < 1.29 is 14.7 Å². The number of rotatable bonds is 5. The van der Waals surface area contributed by atoms with E-state index in [4.69, 9.17) is 5.11 Å². The van der Waals surface area contributed by atoms with E-state index in [0.717, 1.165) is 36.0 Å². The number of aliphatic hydroxyl groups is 1. The molecule has 2 N–H and O–H groups in total. The molecule has 0 bridgehead atoms. The Morgan fingerprint density at radius 3 is 2.35 bits per heavy atom. The van der Waals surface area contributed by atoms with Crippen molar-refractivity contribution in [1.29, 1.82) is 0 Å². The van der Waals surface area contributed by atoms with Crippen LogP contribution in [0.2, 0.25) is 0 Å². The van der Waals surface area contributed by atoms with E-state index in [-0.39, 0.29) is 11.7 Å². The number of ketones is 1. The first kappa shape index (κ1) is 20.0. The summed E-state index contributed by atoms with van der Waals surface area (Å²) >= 11 is 0. The number of Topliss-reactive ketones (excluding diaryl/α,β-unsaturated/α-hetero) is 1. The van der Waals surface area contributed by atoms with Crippen molar-refractivity contribution >= 4 is 11.7 Å². The Balaban J connectivity index is 2.11. The Morgan fingerprint density at radius 2 is 1.73 bits per heavy atom. The fraction of sp³-hybridized carbons (Fsp3) is 0.545. The van der Waals surface area contributed by atoms with Crippen LogP contribution in [0.25, 0.3) is 0 Å². The smallest absolute Gasteiger partial charge is 0.224 e. The van der Waals surface area contributed by atoms with Crippen molar-refractivity contribution in [2.24, 2.45) is 5.41 Å². The van der Waals surface area contributed by atoms with E-state index in [9.17, 15) is 9.59 Å². The molecule has 0 aromatic heterocycles. The summed E-state index contributed by atoms with van der Waals surface area (Å²) in [6.07, 6.45) is 6.46. The number of aryl methyl sites for hydroxylation is 2. The van der Waals surface area contributed by atoms with Gasteiger partial charge in [-0.15, -0.1) is 0 Å². The monoisotopic (exact) mass is 355 g/mol. The van der Waals surface area contributed by atoms with Gasteiger partial charge in [0, 0.05) is 12.5 Å². The van der Waals surface area contributed by atoms with Gasteiger partial charge in [0.2, 0.25) is 11.7 Å². The van der Waals surface area contributed by atoms with Crippen LogP contribution < -0.4 is 5.32 Å². The fourth-order valence-corrected chi connectivity index (χ4v) is 4.00. The minimum Gasteiger partial charge on any atom is -0.462 e. The van der Waals surface area contributed by atoms with Crippen molar-refractivity contribution in [3.05, 3.63) is 33.9 Å². The standard InChI is InChI=1S/C22H29NO3/c1-15-12-16(2)19(18(4)17(15)3)13-21(26)23-14-22(20(25)8-11-24)9-6-5-7-10-22/h12,24H,5-7,9-10,13-14H2,1-4H3,(H,23,26). The molecule has 4 heteroatoms. The van der Waals surface area contributed by atoms with E-state index < -0.39 is 5.41 Å². The van der Waals surface area contributed by atoms with Gasteiger partial charge in [0.05, 0.1) is 11.8 Å². The number of benzene rings is 1. The van der Waals surface area contributed by atoms with E-state index in [2.05, 4.69) is 38.1 Å². The lowest BCUT2D eigenvalue weighted by Crippen LogP contribution is -2.44. The maximum absolute atomic E-state index is 12.6. The molecule has 0 spiro atoms. The molecule has 140 valence electrons. The van der Waals surface area contributed by atoms with Crippen LogP contribution in [-0.2, 0) is 16.0 Å². The summed E-state index contributed by atoms with van der Waals surface area (Å²) in [7, 11) is 0. The topological polar surface area (TPSA) is 66.4 Å². The molecule has 0 heterocycles. The van der Waals surface area contributed by atoms with Gasteiger partial charge in [-0.05, 0) is 68.4 Å². The van der Waals surface area contributed by atoms with Crippen LogP contribution >= 0.6 is 0 Å². The normalized spacial score (nSPS) is 15.7. The highest BCUT2D eigenvalue weighted by molar-refractivity contribution is 6.00. The predicted octanol–water partition coefficient (Wildman–Crippen LogP) is 3.43. The average molecular weight is 355 g/mol. The highest BCUT2D eigenvalue weighted by Crippen LogP contribution is 2.36. The Labute approximate surface area is 156 Å². The Bertz CT molecular complexity index is 762. The molecule has 0 saturated heterocycles. The van der Waals surface area contributed by atoms with Gasteiger partial charge in [0.1, 0.15) is 6.11 Å². The van der Waals surface area contributed by atoms with Gasteiger partial charge in [-0.3, -0.25) is 9.59 Å². The summed E-state index contributed by atoms with van der Waals surface area (Å²) in [5, 5.41) is 11.8. The van der Waals surface area contributed by atoms with Crippen molar-refractivity contribution in [2.75, 3.05) is 6.54 Å². The van der Waals surface area contributed by atoms with Crippen molar-refractivity contribution in [3.63, 3.8) is 0 Å². The van der Waals surface area contributed by atoms with Crippen LogP contribution in [0.15, 0.2) is 6.07 Å². The van der Waals surface area contributed by atoms with E-state index in [1.807, 2.05) is 6.92 Å². The molecule has 1 fully saturated rings. The largest absolute Gasteiger partial charge is 0.462 e. The zero-order chi connectivity index (χ0) is 19.3. The summed E-state index contributed by atoms with van der Waals surface area (Å²) in [6, 6.07) is 2.12. The number of amides is 1. The van der Waals surface area contributed by atoms with E-state index >= 15 is 0 Å². The summed E-state index contributed by atoms with van der Waals surface area (Å²) in [5.74, 6) is 1.94. The molecule has 0 atom stereocenters. The number of carbonyl (C=O) groups is 2. The van der Waals surface area contributed by atoms with E-state index in [0.29, 0.717) is 25.8 Å². The first-order chi connectivity index (χ1) is 12.3. The third-order valence-electron chi connectivity index (χ3n) is 5.94. The van der Waals surface area contributed by atoms with Gasteiger partial charge in [0.25, 0.3) is 0 Å². The van der Waals surface area contributed by atoms with E-state index in [1.54, 1.807) is 6.11 Å². The lowest BCUT2D eigenvalue weighted by atomic mass is 9.71. The average Bonchev–Trinajstić information content (AvgIpc) is 2.63. The summed E-state index contributed by atoms with van der Waals surface area (Å²) in [4.78, 5) is 25.0. The molecule has 2 rings (SSSR count). The minimum atomic E-state index is -0.656. The molecule has 0 aliphatic heterocycles. The number of carbonyl (C=O) groups excluding carboxylic acids is 2. The van der Waals surface area contributed by atoms with Crippen LogP contribution in [0.1, 0.15) is 59.9 Å². The molecule has 1 saturated carbocycles. The van der Waals surface area contributed by atoms with Gasteiger partial charge in [-0.2, -0.15) is 0 Å². The number of hydrogen-bond acceptors (Lipinski definition) is 3. The van der Waals surface area contributed by atoms with Crippen LogP contribution in [0, 0.1) is 45.1 Å². The fourth-order valence-electron chi connectivity index (χ4n) is 4.00. The first-order valence-corrected chi connectivity index (χ1v) is 9.33. The maximum Gasteiger partial charge on any atom is 0.224 e. The molecule has 4 nitrogen and oxygen atoms in total. The maximum atomic E-state index is 12.6. The molecule has 26 heavy (non-hydrogen) atoms. The van der Waals surface area contributed by atoms with Crippen LogP contribution in [0.4, 0.5) is 0 Å². The van der Waals surface area contributed by atoms with Crippen LogP contribution in [0.3, 0.4) is 0 Å². The van der Waals surface area contributed by atoms with Gasteiger partial charge in [0.15, 0.2) is 0 Å². The highest BCUT2D eigenvalue weighted by Gasteiger charge is 2.39. The third-order valence-corrected chi connectivity index (χ3v) is 5.94. The summed E-state index contributed by atoms with van der Waals surface area (Å²) in [5.41, 5.74) is 5.14. The second-order valence-corrected chi connectivity index (χ2v) is 7.60. The minimum absolute atomic E-state index is 0.0749. The lowest BCUT2D eigenvalue weighted by Gasteiger charge is -2.34. The Kier molecular flexibility index (Phi) is 6.47. The lowest BCUT2D eigenvalue weighted by molar-refractivity contribution is -0.126. The summed E-state index contributed by atoms with van der Waals surface area (Å²) < 4.78 is 0. The van der Waals surface area contributed by atoms with E-state index in [1.165, 1.54) is 11.1 Å². The van der Waals surface area contributed by atoms with Crippen molar-refractivity contribution in [3.8, 4) is 12.0 Å². The highest BCUT2D eigenvalue weighted by atomic mass is 16.2. The van der Waals surface area contributed by atoms with Gasteiger partial charge in [-0.1, -0.05) is 25.3 Å². The van der Waals surface area contributed by atoms with Crippen LogP contribution in [0.5, 0.6) is 0 Å². The number of hydrogen-bond donors (Lipinski definition) is 2. The van der Waals surface area contributed by atoms with Crippen molar-refractivity contribution in [2.45, 2.75) is 66.2 Å². The Hall–Kier alpha value is -2.28. The SMILES string of the molecule is Cc1cc(C)c(CC(=O)NCC2(C(=O)C#CO)CCCCC2)c(C)c1C. The van der Waals surface area contributed by atoms with Gasteiger partial charge < -0.3 is 10.4 Å². The molecular formula is C22H29NO3. The molecule has 1 aliphatic rings. The zero-order valence-electron chi connectivity index (χ0n) is 16.3. The Morgan fingerprint density at radius 1 is 1.08 bits per heavy atom. The van der Waals surface area contributed by atoms with Crippen molar-refractivity contribution in [1.82, 2.24) is 5.32 Å². The molecule has 1 aromatic rings. The molecule has 0 unspecified atom stereocenters. The molecule has 0 radical (unpaired) electrons. The third kappa shape index (κ3) is 4.27. The first-order valence-electron chi connectivity index (χ1n) is 9.33. The van der Waals surface area contributed by atoms with Crippen LogP contribution in [-0.4, -0.2) is 23.3 Å². The quantitative estimate of drug-likeness (QED) is 0.795. The second kappa shape index (κ2) is 8.40. The number of aliphatic hydroxyl groups excluding tert-OH is 1. The molecule has 1 aliphatic carbocycles. The van der Waals surface area contributed by atoms with Gasteiger partial charge in [-0.25, -0.2) is 0 Å². The predicted molar refractivity (Wildman–Crippen MR) is 102 cm³/mol. The summed E-state index contributed by atoms with van der Waals surface area (Å²) in [6.45, 7) is 8.54. The molecular weight excluding hydrogens is 326 g/mol.